The molecule has 0 bridgehead atoms. The number of aliphatic hydroxyl groups is 2. The molecule has 0 aromatic rings. The van der Waals surface area contributed by atoms with Gasteiger partial charge in [-0.15, -0.1) is 0 Å². The van der Waals surface area contributed by atoms with Crippen molar-refractivity contribution in [3.8, 4) is 0 Å². The van der Waals surface area contributed by atoms with Gasteiger partial charge < -0.3 is 14.9 Å². The summed E-state index contributed by atoms with van der Waals surface area (Å²) in [6.07, 6.45) is 0. The lowest BCUT2D eigenvalue weighted by atomic mass is 10.2. The number of rotatable bonds is 2. The van der Waals surface area contributed by atoms with E-state index in [0.29, 0.717) is 0 Å². The first-order valence-electron chi connectivity index (χ1n) is 3.83. The van der Waals surface area contributed by atoms with Crippen LogP contribution in [0.25, 0.3) is 0 Å². The summed E-state index contributed by atoms with van der Waals surface area (Å²) in [6, 6.07) is 0. The summed E-state index contributed by atoms with van der Waals surface area (Å²) in [6.45, 7) is 8.72. The van der Waals surface area contributed by atoms with E-state index >= 15 is 0 Å². The maximum absolute atomic E-state index is 7.62. The SMILES string of the molecule is CCOC(C)(C)C.OCCO. The maximum Gasteiger partial charge on any atom is 0.0662 e. The molecular formula is C8H20O3. The Hall–Kier alpha value is -0.120. The number of ether oxygens (including phenoxy) is 1. The second kappa shape index (κ2) is 7.98. The van der Waals surface area contributed by atoms with Crippen LogP contribution in [0, 0.1) is 0 Å². The van der Waals surface area contributed by atoms with E-state index in [1.165, 1.54) is 0 Å². The van der Waals surface area contributed by atoms with Gasteiger partial charge in [0.05, 0.1) is 18.8 Å². The summed E-state index contributed by atoms with van der Waals surface area (Å²) in [5.74, 6) is 0. The monoisotopic (exact) mass is 164 g/mol. The van der Waals surface area contributed by atoms with Crippen molar-refractivity contribution < 1.29 is 14.9 Å². The Bertz CT molecular complexity index is 64.2. The smallest absolute Gasteiger partial charge is 0.0662 e. The molecule has 0 radical (unpaired) electrons. The van der Waals surface area contributed by atoms with E-state index in [2.05, 4.69) is 20.8 Å². The lowest BCUT2D eigenvalue weighted by molar-refractivity contribution is 0.00532. The summed E-state index contributed by atoms with van der Waals surface area (Å²) < 4.78 is 5.23. The van der Waals surface area contributed by atoms with Crippen molar-refractivity contribution in [1.29, 1.82) is 0 Å². The number of hydrogen-bond donors (Lipinski definition) is 2. The van der Waals surface area contributed by atoms with Crippen LogP contribution in [0.15, 0.2) is 0 Å². The van der Waals surface area contributed by atoms with Crippen molar-refractivity contribution in [2.75, 3.05) is 19.8 Å². The standard InChI is InChI=1S/C6H14O.C2H6O2/c1-5-7-6(2,3)4;3-1-2-4/h5H2,1-4H3;3-4H,1-2H2. The van der Waals surface area contributed by atoms with Gasteiger partial charge in [-0.1, -0.05) is 0 Å². The molecule has 0 aromatic heterocycles. The van der Waals surface area contributed by atoms with E-state index in [0.717, 1.165) is 6.61 Å². The zero-order valence-corrected chi connectivity index (χ0v) is 7.92. The molecule has 3 nitrogen and oxygen atoms in total. The third kappa shape index (κ3) is 25.8. The fourth-order valence-electron chi connectivity index (χ4n) is 0.433. The summed E-state index contributed by atoms with van der Waals surface area (Å²) in [7, 11) is 0. The molecule has 0 aliphatic carbocycles. The van der Waals surface area contributed by atoms with Crippen molar-refractivity contribution in [2.45, 2.75) is 33.3 Å². The molecule has 0 rings (SSSR count). The van der Waals surface area contributed by atoms with Gasteiger partial charge in [0.1, 0.15) is 0 Å². The van der Waals surface area contributed by atoms with Gasteiger partial charge in [0.25, 0.3) is 0 Å². The molecule has 0 unspecified atom stereocenters. The highest BCUT2D eigenvalue weighted by Gasteiger charge is 2.06. The van der Waals surface area contributed by atoms with Crippen LogP contribution < -0.4 is 0 Å². The summed E-state index contributed by atoms with van der Waals surface area (Å²) >= 11 is 0. The molecule has 3 heteroatoms. The Labute approximate surface area is 69.0 Å². The Balaban J connectivity index is 0. The van der Waals surface area contributed by atoms with Crippen LogP contribution in [0.3, 0.4) is 0 Å². The molecule has 11 heavy (non-hydrogen) atoms. The second-order valence-electron chi connectivity index (χ2n) is 2.99. The van der Waals surface area contributed by atoms with Crippen LogP contribution in [-0.4, -0.2) is 35.6 Å². The van der Waals surface area contributed by atoms with Gasteiger partial charge in [-0.25, -0.2) is 0 Å². The molecule has 0 aromatic carbocycles. The molecule has 0 saturated carbocycles. The third-order valence-electron chi connectivity index (χ3n) is 0.677. The lowest BCUT2D eigenvalue weighted by Crippen LogP contribution is -2.18. The van der Waals surface area contributed by atoms with E-state index in [4.69, 9.17) is 14.9 Å². The van der Waals surface area contributed by atoms with Gasteiger partial charge in [-0.2, -0.15) is 0 Å². The molecule has 0 aliphatic heterocycles. The van der Waals surface area contributed by atoms with E-state index in [9.17, 15) is 0 Å². The van der Waals surface area contributed by atoms with Crippen molar-refractivity contribution >= 4 is 0 Å². The molecule has 2 N–H and O–H groups in total. The second-order valence-corrected chi connectivity index (χ2v) is 2.99. The van der Waals surface area contributed by atoms with Crippen LogP contribution in [0.1, 0.15) is 27.7 Å². The van der Waals surface area contributed by atoms with E-state index in [1.54, 1.807) is 0 Å². The first-order chi connectivity index (χ1) is 4.97. The largest absolute Gasteiger partial charge is 0.394 e. The zero-order chi connectivity index (χ0) is 9.33. The molecule has 0 amide bonds. The van der Waals surface area contributed by atoms with Gasteiger partial charge in [0.2, 0.25) is 0 Å². The van der Waals surface area contributed by atoms with Crippen molar-refractivity contribution in [1.82, 2.24) is 0 Å². The molecule has 0 fully saturated rings. The molecular weight excluding hydrogens is 144 g/mol. The van der Waals surface area contributed by atoms with Crippen LogP contribution in [0.4, 0.5) is 0 Å². The Morgan fingerprint density at radius 3 is 1.45 bits per heavy atom. The summed E-state index contributed by atoms with van der Waals surface area (Å²) in [5.41, 5.74) is 0.0503. The third-order valence-corrected chi connectivity index (χ3v) is 0.677. The highest BCUT2D eigenvalue weighted by Crippen LogP contribution is 2.04. The number of hydrogen-bond acceptors (Lipinski definition) is 3. The van der Waals surface area contributed by atoms with E-state index in [1.807, 2.05) is 6.92 Å². The average molecular weight is 164 g/mol. The molecule has 0 aliphatic rings. The maximum atomic E-state index is 7.62. The quantitative estimate of drug-likeness (QED) is 0.634. The molecule has 70 valence electrons. The van der Waals surface area contributed by atoms with Crippen molar-refractivity contribution in [3.05, 3.63) is 0 Å². The fraction of sp³-hybridized carbons (Fsp3) is 1.00. The number of aliphatic hydroxyl groups excluding tert-OH is 2. The minimum absolute atomic E-state index is 0.0503. The Kier molecular flexibility index (Phi) is 9.77. The zero-order valence-electron chi connectivity index (χ0n) is 7.92. The Morgan fingerprint density at radius 2 is 1.45 bits per heavy atom. The van der Waals surface area contributed by atoms with Gasteiger partial charge in [-0.3, -0.25) is 0 Å². The van der Waals surface area contributed by atoms with Crippen LogP contribution in [0.2, 0.25) is 0 Å². The first-order valence-corrected chi connectivity index (χ1v) is 3.83. The highest BCUT2D eigenvalue weighted by molar-refractivity contribution is 4.56. The first kappa shape index (κ1) is 13.5. The topological polar surface area (TPSA) is 49.7 Å². The van der Waals surface area contributed by atoms with Crippen molar-refractivity contribution in [3.63, 3.8) is 0 Å². The van der Waals surface area contributed by atoms with E-state index < -0.39 is 0 Å². The normalized spacial score (nSPS) is 10.4. The average Bonchev–Trinajstić information content (AvgIpc) is 1.86. The summed E-state index contributed by atoms with van der Waals surface area (Å²) in [5, 5.41) is 15.2. The highest BCUT2D eigenvalue weighted by atomic mass is 16.5. The lowest BCUT2D eigenvalue weighted by Gasteiger charge is -2.17. The molecule has 0 atom stereocenters. The van der Waals surface area contributed by atoms with Crippen LogP contribution in [-0.2, 0) is 4.74 Å². The summed E-state index contributed by atoms with van der Waals surface area (Å²) in [4.78, 5) is 0. The van der Waals surface area contributed by atoms with E-state index in [-0.39, 0.29) is 18.8 Å². The minimum atomic E-state index is -0.125. The van der Waals surface area contributed by atoms with Gasteiger partial charge in [-0.05, 0) is 27.7 Å². The predicted octanol–water partition coefficient (Wildman–Crippen LogP) is 0.792. The minimum Gasteiger partial charge on any atom is -0.394 e. The molecule has 0 saturated heterocycles. The van der Waals surface area contributed by atoms with Crippen LogP contribution >= 0.6 is 0 Å². The molecule has 0 heterocycles. The van der Waals surface area contributed by atoms with Crippen molar-refractivity contribution in [2.24, 2.45) is 0 Å². The fourth-order valence-corrected chi connectivity index (χ4v) is 0.433. The predicted molar refractivity (Wildman–Crippen MR) is 45.6 cm³/mol. The van der Waals surface area contributed by atoms with Gasteiger partial charge in [0, 0.05) is 6.61 Å². The van der Waals surface area contributed by atoms with Gasteiger partial charge >= 0.3 is 0 Å². The molecule has 0 spiro atoms. The Morgan fingerprint density at radius 1 is 1.09 bits per heavy atom. The van der Waals surface area contributed by atoms with Gasteiger partial charge in [0.15, 0.2) is 0 Å². The van der Waals surface area contributed by atoms with Crippen LogP contribution in [0.5, 0.6) is 0 Å².